The molecule has 1 nitrogen and oxygen atoms in total. The minimum Gasteiger partial charge on any atom is -0.310 e. The van der Waals surface area contributed by atoms with E-state index in [1.165, 1.54) is 10.9 Å². The number of halogens is 1. The number of nitrogens with one attached hydrogen (secondary N) is 1. The average Bonchev–Trinajstić information content (AvgIpc) is 2.75. The van der Waals surface area contributed by atoms with E-state index < -0.39 is 0 Å². The maximum absolute atomic E-state index is 13.5. The molecule has 0 amide bonds. The third-order valence-corrected chi connectivity index (χ3v) is 3.99. The Labute approximate surface area is 112 Å². The molecule has 0 radical (unpaired) electrons. The van der Waals surface area contributed by atoms with Crippen LogP contribution >= 0.6 is 11.3 Å². The van der Waals surface area contributed by atoms with Crippen LogP contribution in [0.2, 0.25) is 0 Å². The van der Waals surface area contributed by atoms with Crippen molar-refractivity contribution in [3.8, 4) is 11.1 Å². The van der Waals surface area contributed by atoms with Crippen LogP contribution in [0.3, 0.4) is 0 Å². The van der Waals surface area contributed by atoms with E-state index in [9.17, 15) is 4.39 Å². The Morgan fingerprint density at radius 3 is 2.67 bits per heavy atom. The number of hydrogen-bond acceptors (Lipinski definition) is 2. The predicted octanol–water partition coefficient (Wildman–Crippen LogP) is 4.53. The molecule has 1 atom stereocenters. The highest BCUT2D eigenvalue weighted by Crippen LogP contribution is 2.33. The van der Waals surface area contributed by atoms with Crippen molar-refractivity contribution >= 4 is 11.3 Å². The van der Waals surface area contributed by atoms with Crippen LogP contribution in [0.4, 0.5) is 4.39 Å². The summed E-state index contributed by atoms with van der Waals surface area (Å²) in [7, 11) is 0. The summed E-state index contributed by atoms with van der Waals surface area (Å²) in [5.41, 5.74) is 3.29. The van der Waals surface area contributed by atoms with E-state index in [-0.39, 0.29) is 11.9 Å². The molecule has 0 aliphatic rings. The van der Waals surface area contributed by atoms with Crippen LogP contribution in [0, 0.1) is 12.7 Å². The number of aryl methyl sites for hydroxylation is 1. The summed E-state index contributed by atoms with van der Waals surface area (Å²) in [6.45, 7) is 7.17. The highest BCUT2D eigenvalue weighted by molar-refractivity contribution is 7.10. The van der Waals surface area contributed by atoms with Gasteiger partial charge in [-0.15, -0.1) is 11.3 Å². The van der Waals surface area contributed by atoms with Crippen molar-refractivity contribution in [1.29, 1.82) is 0 Å². The first-order valence-corrected chi connectivity index (χ1v) is 7.08. The Hall–Kier alpha value is -1.19. The molecule has 96 valence electrons. The molecule has 18 heavy (non-hydrogen) atoms. The second-order valence-corrected chi connectivity index (χ2v) is 5.52. The van der Waals surface area contributed by atoms with Crippen LogP contribution in [-0.2, 0) is 0 Å². The molecule has 3 heteroatoms. The van der Waals surface area contributed by atoms with Gasteiger partial charge in [0.05, 0.1) is 0 Å². The Morgan fingerprint density at radius 1 is 1.28 bits per heavy atom. The van der Waals surface area contributed by atoms with Gasteiger partial charge in [-0.1, -0.05) is 13.0 Å². The maximum atomic E-state index is 13.5. The molecule has 1 aromatic carbocycles. The summed E-state index contributed by atoms with van der Waals surface area (Å²) in [6.07, 6.45) is 0. The van der Waals surface area contributed by atoms with E-state index in [0.29, 0.717) is 0 Å². The summed E-state index contributed by atoms with van der Waals surface area (Å²) < 4.78 is 13.5. The molecule has 1 unspecified atom stereocenters. The number of benzene rings is 1. The quantitative estimate of drug-likeness (QED) is 0.854. The van der Waals surface area contributed by atoms with Crippen LogP contribution in [0.5, 0.6) is 0 Å². The van der Waals surface area contributed by atoms with Crippen LogP contribution < -0.4 is 5.32 Å². The van der Waals surface area contributed by atoms with Gasteiger partial charge >= 0.3 is 0 Å². The largest absolute Gasteiger partial charge is 0.310 e. The van der Waals surface area contributed by atoms with Crippen LogP contribution in [0.1, 0.15) is 30.3 Å². The van der Waals surface area contributed by atoms with Gasteiger partial charge < -0.3 is 5.32 Å². The molecule has 0 bridgehead atoms. The fourth-order valence-electron chi connectivity index (χ4n) is 2.22. The second kappa shape index (κ2) is 5.63. The van der Waals surface area contributed by atoms with Crippen LogP contribution in [-0.4, -0.2) is 6.54 Å². The van der Waals surface area contributed by atoms with Gasteiger partial charge in [-0.25, -0.2) is 4.39 Å². The summed E-state index contributed by atoms with van der Waals surface area (Å²) in [5, 5.41) is 5.44. The average molecular weight is 263 g/mol. The van der Waals surface area contributed by atoms with E-state index in [1.807, 2.05) is 6.07 Å². The fourth-order valence-corrected chi connectivity index (χ4v) is 2.93. The highest BCUT2D eigenvalue weighted by atomic mass is 32.1. The summed E-state index contributed by atoms with van der Waals surface area (Å²) in [4.78, 5) is 1.23. The van der Waals surface area contributed by atoms with Crippen molar-refractivity contribution in [2.24, 2.45) is 0 Å². The molecule has 1 aromatic heterocycles. The number of hydrogen-bond donors (Lipinski definition) is 1. The first-order valence-electron chi connectivity index (χ1n) is 6.20. The second-order valence-electron chi connectivity index (χ2n) is 4.40. The topological polar surface area (TPSA) is 12.0 Å². The van der Waals surface area contributed by atoms with Gasteiger partial charge in [0, 0.05) is 10.9 Å². The van der Waals surface area contributed by atoms with Gasteiger partial charge in [-0.2, -0.15) is 0 Å². The lowest BCUT2D eigenvalue weighted by atomic mass is 9.96. The molecule has 0 fully saturated rings. The zero-order chi connectivity index (χ0) is 13.1. The fraction of sp³-hybridized carbons (Fsp3) is 0.333. The van der Waals surface area contributed by atoms with Gasteiger partial charge in [-0.3, -0.25) is 0 Å². The van der Waals surface area contributed by atoms with E-state index in [0.717, 1.165) is 23.2 Å². The van der Waals surface area contributed by atoms with E-state index in [2.05, 4.69) is 37.5 Å². The lowest BCUT2D eigenvalue weighted by Crippen LogP contribution is -2.18. The van der Waals surface area contributed by atoms with Gasteiger partial charge in [0.2, 0.25) is 0 Å². The number of rotatable bonds is 4. The van der Waals surface area contributed by atoms with Gasteiger partial charge in [0.15, 0.2) is 0 Å². The highest BCUT2D eigenvalue weighted by Gasteiger charge is 2.14. The Balaban J connectivity index is 2.51. The molecule has 0 aliphatic carbocycles. The van der Waals surface area contributed by atoms with Gasteiger partial charge in [-0.05, 0) is 60.7 Å². The molecule has 0 saturated heterocycles. The first kappa shape index (κ1) is 13.2. The zero-order valence-electron chi connectivity index (χ0n) is 11.0. The SMILES string of the molecule is CCNC(C)c1ccc(F)cc1-c1ccsc1C. The van der Waals surface area contributed by atoms with Gasteiger partial charge in [0.1, 0.15) is 5.82 Å². The molecule has 1 N–H and O–H groups in total. The normalized spacial score (nSPS) is 12.7. The van der Waals surface area contributed by atoms with Crippen LogP contribution in [0.15, 0.2) is 29.6 Å². The summed E-state index contributed by atoms with van der Waals surface area (Å²) in [5.74, 6) is -0.178. The minimum atomic E-state index is -0.178. The van der Waals surface area contributed by atoms with Crippen molar-refractivity contribution < 1.29 is 4.39 Å². The Morgan fingerprint density at radius 2 is 2.06 bits per heavy atom. The minimum absolute atomic E-state index is 0.178. The molecule has 2 aromatic rings. The first-order chi connectivity index (χ1) is 8.63. The van der Waals surface area contributed by atoms with Crippen molar-refractivity contribution in [1.82, 2.24) is 5.32 Å². The molecule has 1 heterocycles. The summed E-state index contributed by atoms with van der Waals surface area (Å²) >= 11 is 1.70. The van der Waals surface area contributed by atoms with Crippen molar-refractivity contribution in [3.63, 3.8) is 0 Å². The third kappa shape index (κ3) is 2.62. The molecular weight excluding hydrogens is 245 g/mol. The molecular formula is C15H18FNS. The zero-order valence-corrected chi connectivity index (χ0v) is 11.8. The third-order valence-electron chi connectivity index (χ3n) is 3.14. The van der Waals surface area contributed by atoms with Crippen molar-refractivity contribution in [2.75, 3.05) is 6.54 Å². The standard InChI is InChI=1S/C15H18FNS/c1-4-17-10(2)13-6-5-12(16)9-15(13)14-7-8-18-11(14)3/h5-10,17H,4H2,1-3H3. The number of thiophene rings is 1. The lowest BCUT2D eigenvalue weighted by molar-refractivity contribution is 0.593. The smallest absolute Gasteiger partial charge is 0.123 e. The van der Waals surface area contributed by atoms with Gasteiger partial charge in [0.25, 0.3) is 0 Å². The Bertz CT molecular complexity index is 533. The maximum Gasteiger partial charge on any atom is 0.123 e. The molecule has 0 aliphatic heterocycles. The van der Waals surface area contributed by atoms with E-state index >= 15 is 0 Å². The summed E-state index contributed by atoms with van der Waals surface area (Å²) in [6, 6.07) is 7.35. The van der Waals surface area contributed by atoms with Crippen molar-refractivity contribution in [3.05, 3.63) is 45.9 Å². The molecule has 2 rings (SSSR count). The van der Waals surface area contributed by atoms with E-state index in [1.54, 1.807) is 17.4 Å². The van der Waals surface area contributed by atoms with Crippen molar-refractivity contribution in [2.45, 2.75) is 26.8 Å². The lowest BCUT2D eigenvalue weighted by Gasteiger charge is -2.17. The monoisotopic (exact) mass is 263 g/mol. The molecule has 0 spiro atoms. The Kier molecular flexibility index (Phi) is 4.15. The molecule has 0 saturated carbocycles. The van der Waals surface area contributed by atoms with Crippen LogP contribution in [0.25, 0.3) is 11.1 Å². The predicted molar refractivity (Wildman–Crippen MR) is 76.5 cm³/mol. The van der Waals surface area contributed by atoms with E-state index in [4.69, 9.17) is 0 Å².